The predicted molar refractivity (Wildman–Crippen MR) is 60.6 cm³/mol. The number of benzene rings is 1. The molecule has 0 radical (unpaired) electrons. The van der Waals surface area contributed by atoms with Crippen molar-refractivity contribution in [3.8, 4) is 0 Å². The molecule has 0 fully saturated rings. The Kier molecular flexibility index (Phi) is 2.72. The summed E-state index contributed by atoms with van der Waals surface area (Å²) in [6.45, 7) is -0.00312. The number of sulfonamides is 1. The average Bonchev–Trinajstić information content (AvgIpc) is 2.60. The third-order valence-corrected chi connectivity index (χ3v) is 3.83. The van der Waals surface area contributed by atoms with Crippen LogP contribution in [-0.4, -0.2) is 33.8 Å². The average molecular weight is 254 g/mol. The van der Waals surface area contributed by atoms with E-state index < -0.39 is 16.0 Å². The molecule has 0 bridgehead atoms. The molecule has 0 aliphatic carbocycles. The Morgan fingerprint density at radius 1 is 1.47 bits per heavy atom. The molecular formula is C10H10N2O4S. The Morgan fingerprint density at radius 2 is 2.18 bits per heavy atom. The number of nitrogens with two attached hydrogens (primary N) is 1. The monoisotopic (exact) mass is 254 g/mol. The molecule has 1 aliphatic rings. The van der Waals surface area contributed by atoms with Crippen molar-refractivity contribution in [1.82, 2.24) is 0 Å². The summed E-state index contributed by atoms with van der Waals surface area (Å²) >= 11 is 0. The Hall–Kier alpha value is -1.73. The van der Waals surface area contributed by atoms with E-state index in [9.17, 15) is 13.2 Å². The van der Waals surface area contributed by atoms with Crippen LogP contribution >= 0.6 is 0 Å². The number of fused-ring (bicyclic) bond motifs is 1. The summed E-state index contributed by atoms with van der Waals surface area (Å²) < 4.78 is 31.7. The highest BCUT2D eigenvalue weighted by Crippen LogP contribution is 2.29. The lowest BCUT2D eigenvalue weighted by Gasteiger charge is -2.05. The molecule has 1 heterocycles. The number of rotatable bonds is 2. The van der Waals surface area contributed by atoms with Crippen LogP contribution < -0.4 is 5.73 Å². The topological polar surface area (TPSA) is 98.8 Å². The maximum absolute atomic E-state index is 11.8. The largest absolute Gasteiger partial charge is 0.465 e. The lowest BCUT2D eigenvalue weighted by Crippen LogP contribution is -2.14. The van der Waals surface area contributed by atoms with E-state index in [-0.39, 0.29) is 22.7 Å². The minimum Gasteiger partial charge on any atom is -0.465 e. The first-order chi connectivity index (χ1) is 8.01. The molecule has 7 heteroatoms. The zero-order valence-electron chi connectivity index (χ0n) is 9.00. The van der Waals surface area contributed by atoms with Crippen LogP contribution in [0.5, 0.6) is 0 Å². The van der Waals surface area contributed by atoms with E-state index in [1.165, 1.54) is 13.2 Å². The van der Waals surface area contributed by atoms with Crippen molar-refractivity contribution in [3.63, 3.8) is 0 Å². The van der Waals surface area contributed by atoms with Crippen LogP contribution in [0.15, 0.2) is 27.5 Å². The second-order valence-corrected chi connectivity index (χ2v) is 4.93. The highest BCUT2D eigenvalue weighted by molar-refractivity contribution is 7.90. The van der Waals surface area contributed by atoms with Crippen molar-refractivity contribution in [1.29, 1.82) is 0 Å². The maximum atomic E-state index is 11.8. The first-order valence-electron chi connectivity index (χ1n) is 4.77. The fourth-order valence-electron chi connectivity index (χ4n) is 1.70. The van der Waals surface area contributed by atoms with Crippen LogP contribution in [0.25, 0.3) is 0 Å². The highest BCUT2D eigenvalue weighted by Gasteiger charge is 2.33. The van der Waals surface area contributed by atoms with Crippen molar-refractivity contribution in [2.45, 2.75) is 4.90 Å². The number of ether oxygens (including phenoxy) is 1. The number of methoxy groups -OCH3 is 1. The third-order valence-electron chi connectivity index (χ3n) is 2.41. The maximum Gasteiger partial charge on any atom is 0.339 e. The third kappa shape index (κ3) is 1.73. The van der Waals surface area contributed by atoms with Gasteiger partial charge in [0.2, 0.25) is 0 Å². The number of esters is 1. The molecule has 0 spiro atoms. The molecule has 0 saturated heterocycles. The first-order valence-corrected chi connectivity index (χ1v) is 6.21. The predicted octanol–water partition coefficient (Wildman–Crippen LogP) is -0.0767. The molecule has 0 amide bonds. The van der Waals surface area contributed by atoms with Crippen LogP contribution in [-0.2, 0) is 14.8 Å². The second-order valence-electron chi connectivity index (χ2n) is 3.39. The van der Waals surface area contributed by atoms with Gasteiger partial charge in [-0.25, -0.2) is 4.79 Å². The van der Waals surface area contributed by atoms with E-state index in [0.717, 1.165) is 0 Å². The van der Waals surface area contributed by atoms with E-state index in [0.29, 0.717) is 5.56 Å². The van der Waals surface area contributed by atoms with Crippen LogP contribution in [0.1, 0.15) is 15.9 Å². The summed E-state index contributed by atoms with van der Waals surface area (Å²) in [5.74, 6) is -0.709. The standard InChI is InChI=1S/C10H10N2O4S/c1-16-10(13)7-4-2-3-6-8(5-11)12-17(14,15)9(6)7/h2-4H,5,11H2,1H3. The van der Waals surface area contributed by atoms with E-state index in [1.54, 1.807) is 12.1 Å². The Labute approximate surface area is 98.2 Å². The minimum absolute atomic E-state index is 0.00312. The minimum atomic E-state index is -3.85. The molecule has 2 N–H and O–H groups in total. The van der Waals surface area contributed by atoms with E-state index >= 15 is 0 Å². The summed E-state index contributed by atoms with van der Waals surface area (Å²) in [6, 6.07) is 4.52. The summed E-state index contributed by atoms with van der Waals surface area (Å²) in [6.07, 6.45) is 0. The van der Waals surface area contributed by atoms with E-state index in [4.69, 9.17) is 5.73 Å². The van der Waals surface area contributed by atoms with Crippen LogP contribution in [0.3, 0.4) is 0 Å². The molecule has 1 aliphatic heterocycles. The Morgan fingerprint density at radius 3 is 2.76 bits per heavy atom. The van der Waals surface area contributed by atoms with E-state index in [2.05, 4.69) is 9.13 Å². The van der Waals surface area contributed by atoms with Crippen molar-refractivity contribution >= 4 is 21.7 Å². The zero-order valence-corrected chi connectivity index (χ0v) is 9.82. The summed E-state index contributed by atoms with van der Waals surface area (Å²) in [4.78, 5) is 11.4. The summed E-state index contributed by atoms with van der Waals surface area (Å²) in [7, 11) is -2.66. The molecule has 0 saturated carbocycles. The summed E-state index contributed by atoms with van der Waals surface area (Å²) in [5, 5.41) is 0. The molecule has 2 rings (SSSR count). The Bertz CT molecular complexity index is 619. The molecule has 0 atom stereocenters. The van der Waals surface area contributed by atoms with Crippen LogP contribution in [0.4, 0.5) is 0 Å². The second kappa shape index (κ2) is 3.94. The highest BCUT2D eigenvalue weighted by atomic mass is 32.2. The smallest absolute Gasteiger partial charge is 0.339 e. The van der Waals surface area contributed by atoms with Crippen molar-refractivity contribution in [3.05, 3.63) is 29.3 Å². The van der Waals surface area contributed by atoms with Gasteiger partial charge in [0, 0.05) is 12.1 Å². The molecule has 0 unspecified atom stereocenters. The fraction of sp³-hybridized carbons (Fsp3) is 0.200. The molecule has 1 aromatic rings. The normalized spacial score (nSPS) is 16.2. The molecule has 17 heavy (non-hydrogen) atoms. The molecule has 0 aromatic heterocycles. The van der Waals surface area contributed by atoms with Gasteiger partial charge in [-0.15, -0.1) is 0 Å². The van der Waals surface area contributed by atoms with Gasteiger partial charge in [0.15, 0.2) is 0 Å². The van der Waals surface area contributed by atoms with Crippen molar-refractivity contribution in [2.24, 2.45) is 10.1 Å². The summed E-state index contributed by atoms with van der Waals surface area (Å²) in [5.41, 5.74) is 6.03. The number of hydrogen-bond donors (Lipinski definition) is 1. The van der Waals surface area contributed by atoms with Gasteiger partial charge in [-0.2, -0.15) is 12.8 Å². The van der Waals surface area contributed by atoms with Gasteiger partial charge in [0.05, 0.1) is 18.4 Å². The van der Waals surface area contributed by atoms with Crippen molar-refractivity contribution < 1.29 is 17.9 Å². The molecular weight excluding hydrogens is 244 g/mol. The fourth-order valence-corrected chi connectivity index (χ4v) is 3.15. The van der Waals surface area contributed by atoms with Gasteiger partial charge in [-0.05, 0) is 6.07 Å². The van der Waals surface area contributed by atoms with Crippen molar-refractivity contribution in [2.75, 3.05) is 13.7 Å². The lowest BCUT2D eigenvalue weighted by atomic mass is 10.1. The van der Waals surface area contributed by atoms with Gasteiger partial charge >= 0.3 is 5.97 Å². The van der Waals surface area contributed by atoms with Crippen LogP contribution in [0, 0.1) is 0 Å². The van der Waals surface area contributed by atoms with E-state index in [1.807, 2.05) is 0 Å². The van der Waals surface area contributed by atoms with Gasteiger partial charge in [0.25, 0.3) is 10.0 Å². The SMILES string of the molecule is COC(=O)c1cccc2c1S(=O)(=O)N=C2CN. The van der Waals surface area contributed by atoms with Gasteiger partial charge in [-0.3, -0.25) is 0 Å². The van der Waals surface area contributed by atoms with Gasteiger partial charge in [0.1, 0.15) is 4.90 Å². The number of carbonyl (C=O) groups is 1. The molecule has 1 aromatic carbocycles. The zero-order chi connectivity index (χ0) is 12.6. The number of carbonyl (C=O) groups excluding carboxylic acids is 1. The van der Waals surface area contributed by atoms with Crippen LogP contribution in [0.2, 0.25) is 0 Å². The van der Waals surface area contributed by atoms with Gasteiger partial charge in [-0.1, -0.05) is 12.1 Å². The number of nitrogens with zero attached hydrogens (tertiary/aromatic N) is 1. The number of hydrogen-bond acceptors (Lipinski definition) is 5. The quantitative estimate of drug-likeness (QED) is 0.744. The Balaban J connectivity index is 2.75. The first kappa shape index (κ1) is 11.7. The molecule has 90 valence electrons. The van der Waals surface area contributed by atoms with Gasteiger partial charge < -0.3 is 10.5 Å². The molecule has 6 nitrogen and oxygen atoms in total. The lowest BCUT2D eigenvalue weighted by molar-refractivity contribution is 0.0596.